The van der Waals surface area contributed by atoms with Gasteiger partial charge in [0.2, 0.25) is 0 Å². The summed E-state index contributed by atoms with van der Waals surface area (Å²) in [4.78, 5) is 12.6. The van der Waals surface area contributed by atoms with Gasteiger partial charge in [0.15, 0.2) is 0 Å². The number of aryl methyl sites for hydroxylation is 1. The molecule has 0 radical (unpaired) electrons. The van der Waals surface area contributed by atoms with Crippen molar-refractivity contribution in [1.82, 2.24) is 15.2 Å². The Morgan fingerprint density at radius 3 is 2.70 bits per heavy atom. The van der Waals surface area contributed by atoms with Crippen molar-refractivity contribution >= 4 is 5.91 Å². The van der Waals surface area contributed by atoms with Gasteiger partial charge >= 0.3 is 0 Å². The molecule has 128 valence electrons. The van der Waals surface area contributed by atoms with Crippen LogP contribution in [0.25, 0.3) is 0 Å². The number of rotatable bonds is 4. The first-order chi connectivity index (χ1) is 11.2. The monoisotopic (exact) mass is 317 g/mol. The number of amides is 1. The van der Waals surface area contributed by atoms with E-state index in [1.807, 2.05) is 0 Å². The first-order valence-corrected chi connectivity index (χ1v) is 9.34. The van der Waals surface area contributed by atoms with Crippen LogP contribution in [0.4, 0.5) is 0 Å². The summed E-state index contributed by atoms with van der Waals surface area (Å²) in [5.41, 5.74) is 3.25. The number of carbonyl (C=O) groups is 1. The van der Waals surface area contributed by atoms with E-state index < -0.39 is 0 Å². The average Bonchev–Trinajstić information content (AvgIpc) is 2.89. The van der Waals surface area contributed by atoms with Gasteiger partial charge in [-0.1, -0.05) is 19.3 Å². The summed E-state index contributed by atoms with van der Waals surface area (Å²) in [7, 11) is 0. The van der Waals surface area contributed by atoms with E-state index in [0.29, 0.717) is 12.0 Å². The maximum absolute atomic E-state index is 12.6. The van der Waals surface area contributed by atoms with Crippen LogP contribution in [0.3, 0.4) is 0 Å². The molecular weight excluding hydrogens is 286 g/mol. The Balaban J connectivity index is 1.65. The van der Waals surface area contributed by atoms with Crippen molar-refractivity contribution in [3.63, 3.8) is 0 Å². The summed E-state index contributed by atoms with van der Waals surface area (Å²) in [6, 6.07) is 2.67. The Hall–Kier alpha value is -1.29. The van der Waals surface area contributed by atoms with Gasteiger partial charge in [-0.15, -0.1) is 0 Å². The minimum absolute atomic E-state index is 0.103. The van der Waals surface area contributed by atoms with Gasteiger partial charge in [0, 0.05) is 24.0 Å². The first kappa shape index (κ1) is 16.6. The largest absolute Gasteiger partial charge is 0.352 e. The first-order valence-electron chi connectivity index (χ1n) is 9.34. The Labute approximate surface area is 140 Å². The summed E-state index contributed by atoms with van der Waals surface area (Å²) < 4.78 is 2.41. The fourth-order valence-corrected chi connectivity index (χ4v) is 4.34. The average molecular weight is 317 g/mol. The summed E-state index contributed by atoms with van der Waals surface area (Å²) in [6.45, 7) is 7.19. The van der Waals surface area contributed by atoms with Crippen LogP contribution in [0.15, 0.2) is 6.07 Å². The fraction of sp³-hybridized carbons (Fsp3) is 0.737. The zero-order valence-electron chi connectivity index (χ0n) is 14.7. The van der Waals surface area contributed by atoms with Crippen LogP contribution in [0.1, 0.15) is 72.7 Å². The highest BCUT2D eigenvalue weighted by atomic mass is 16.1. The number of hydrogen-bond donors (Lipinski definition) is 2. The molecule has 0 aromatic carbocycles. The van der Waals surface area contributed by atoms with Gasteiger partial charge < -0.3 is 15.2 Å². The van der Waals surface area contributed by atoms with E-state index in [-0.39, 0.29) is 5.91 Å². The van der Waals surface area contributed by atoms with Crippen molar-refractivity contribution in [2.75, 3.05) is 19.6 Å². The topological polar surface area (TPSA) is 46.1 Å². The summed E-state index contributed by atoms with van der Waals surface area (Å²) >= 11 is 0. The zero-order chi connectivity index (χ0) is 16.2. The van der Waals surface area contributed by atoms with Crippen molar-refractivity contribution in [2.24, 2.45) is 5.92 Å². The molecule has 1 aliphatic carbocycles. The number of carbonyl (C=O) groups excluding carboxylic acids is 1. The molecule has 2 heterocycles. The van der Waals surface area contributed by atoms with E-state index in [4.69, 9.17) is 0 Å². The summed E-state index contributed by atoms with van der Waals surface area (Å²) in [6.07, 6.45) is 8.94. The van der Waals surface area contributed by atoms with Crippen LogP contribution in [-0.4, -0.2) is 30.1 Å². The highest BCUT2D eigenvalue weighted by Gasteiger charge is 2.23. The molecule has 3 rings (SSSR count). The maximum atomic E-state index is 12.6. The van der Waals surface area contributed by atoms with Gasteiger partial charge in [-0.3, -0.25) is 4.79 Å². The van der Waals surface area contributed by atoms with Crippen LogP contribution in [-0.2, 0) is 0 Å². The number of nitrogens with zero attached hydrogens (tertiary/aromatic N) is 1. The second-order valence-corrected chi connectivity index (χ2v) is 7.37. The number of hydrogen-bond acceptors (Lipinski definition) is 2. The third-order valence-electron chi connectivity index (χ3n) is 5.62. The lowest BCUT2D eigenvalue weighted by Gasteiger charge is -2.26. The van der Waals surface area contributed by atoms with Crippen molar-refractivity contribution in [1.29, 1.82) is 0 Å². The molecule has 0 spiro atoms. The van der Waals surface area contributed by atoms with E-state index in [2.05, 4.69) is 35.1 Å². The number of aromatic nitrogens is 1. The molecule has 4 nitrogen and oxygen atoms in total. The minimum Gasteiger partial charge on any atom is -0.352 e. The van der Waals surface area contributed by atoms with Crippen molar-refractivity contribution < 1.29 is 4.79 Å². The molecule has 1 aromatic rings. The molecule has 2 fully saturated rings. The second kappa shape index (κ2) is 7.52. The molecule has 2 N–H and O–H groups in total. The molecule has 1 saturated heterocycles. The van der Waals surface area contributed by atoms with Gasteiger partial charge in [-0.2, -0.15) is 0 Å². The zero-order valence-corrected chi connectivity index (χ0v) is 14.7. The molecule has 0 bridgehead atoms. The predicted molar refractivity (Wildman–Crippen MR) is 94.0 cm³/mol. The SMILES string of the molecule is Cc1cc(C(=O)NCC2CCCNC2)c(C)n1C1CCCCC1. The van der Waals surface area contributed by atoms with Crippen LogP contribution >= 0.6 is 0 Å². The minimum atomic E-state index is 0.103. The lowest BCUT2D eigenvalue weighted by atomic mass is 9.95. The van der Waals surface area contributed by atoms with Gasteiger partial charge in [-0.05, 0) is 64.6 Å². The number of piperidine rings is 1. The molecule has 1 unspecified atom stereocenters. The maximum Gasteiger partial charge on any atom is 0.253 e. The molecule has 1 amide bonds. The molecule has 4 heteroatoms. The predicted octanol–water partition coefficient (Wildman–Crippen LogP) is 3.34. The molecule has 1 atom stereocenters. The molecular formula is C19H31N3O. The van der Waals surface area contributed by atoms with E-state index in [9.17, 15) is 4.79 Å². The van der Waals surface area contributed by atoms with Crippen molar-refractivity contribution in [3.05, 3.63) is 23.0 Å². The molecule has 1 aromatic heterocycles. The molecule has 1 saturated carbocycles. The van der Waals surface area contributed by atoms with Crippen molar-refractivity contribution in [3.8, 4) is 0 Å². The molecule has 23 heavy (non-hydrogen) atoms. The third-order valence-corrected chi connectivity index (χ3v) is 5.62. The Bertz CT molecular complexity index is 537. The highest BCUT2D eigenvalue weighted by Crippen LogP contribution is 2.32. The Morgan fingerprint density at radius 1 is 1.22 bits per heavy atom. The lowest BCUT2D eigenvalue weighted by Crippen LogP contribution is -2.38. The van der Waals surface area contributed by atoms with Crippen LogP contribution < -0.4 is 10.6 Å². The lowest BCUT2D eigenvalue weighted by molar-refractivity contribution is 0.0944. The fourth-order valence-electron chi connectivity index (χ4n) is 4.34. The van der Waals surface area contributed by atoms with Gasteiger partial charge in [0.25, 0.3) is 5.91 Å². The van der Waals surface area contributed by atoms with Gasteiger partial charge in [0.1, 0.15) is 0 Å². The number of nitrogens with one attached hydrogen (secondary N) is 2. The van der Waals surface area contributed by atoms with Crippen LogP contribution in [0, 0.1) is 19.8 Å². The molecule has 2 aliphatic rings. The smallest absolute Gasteiger partial charge is 0.253 e. The normalized spacial score (nSPS) is 23.0. The highest BCUT2D eigenvalue weighted by molar-refractivity contribution is 5.95. The molecule has 1 aliphatic heterocycles. The summed E-state index contributed by atoms with van der Waals surface area (Å²) in [5, 5.41) is 6.57. The Kier molecular flexibility index (Phi) is 5.42. The van der Waals surface area contributed by atoms with Crippen LogP contribution in [0.5, 0.6) is 0 Å². The van der Waals surface area contributed by atoms with Crippen LogP contribution in [0.2, 0.25) is 0 Å². The van der Waals surface area contributed by atoms with Gasteiger partial charge in [-0.25, -0.2) is 0 Å². The van der Waals surface area contributed by atoms with Crippen molar-refractivity contribution in [2.45, 2.75) is 64.8 Å². The standard InChI is InChI=1S/C19H31N3O/c1-14-11-18(15(2)22(14)17-8-4-3-5-9-17)19(23)21-13-16-7-6-10-20-12-16/h11,16-17,20H,3-10,12-13H2,1-2H3,(H,21,23). The van der Waals surface area contributed by atoms with E-state index in [0.717, 1.165) is 30.9 Å². The summed E-state index contributed by atoms with van der Waals surface area (Å²) in [5.74, 6) is 0.681. The second-order valence-electron chi connectivity index (χ2n) is 7.37. The van der Waals surface area contributed by atoms with E-state index in [1.165, 1.54) is 50.6 Å². The van der Waals surface area contributed by atoms with E-state index in [1.54, 1.807) is 0 Å². The quantitative estimate of drug-likeness (QED) is 0.894. The third kappa shape index (κ3) is 3.79. The van der Waals surface area contributed by atoms with E-state index >= 15 is 0 Å². The van der Waals surface area contributed by atoms with Gasteiger partial charge in [0.05, 0.1) is 5.56 Å². The Morgan fingerprint density at radius 2 is 2.00 bits per heavy atom.